The number of carbonyl (C=O) groups excluding carboxylic acids is 1. The monoisotopic (exact) mass is 129 g/mol. The number of nitrogens with one attached hydrogen (secondary N) is 1. The Balaban J connectivity index is 2.19. The van der Waals surface area contributed by atoms with Crippen molar-refractivity contribution in [3.05, 3.63) is 12.7 Å². The number of hydrogen-bond acceptors (Lipinski definition) is 1. The summed E-state index contributed by atoms with van der Waals surface area (Å²) < 4.78 is 12.0. The smallest absolute Gasteiger partial charge is 0.243 e. The van der Waals surface area contributed by atoms with Crippen molar-refractivity contribution >= 4 is 5.91 Å². The molecule has 3 heteroatoms. The molecule has 0 heterocycles. The van der Waals surface area contributed by atoms with Gasteiger partial charge in [0.15, 0.2) is 0 Å². The lowest BCUT2D eigenvalue weighted by Crippen LogP contribution is -2.24. The van der Waals surface area contributed by atoms with E-state index >= 15 is 0 Å². The second kappa shape index (κ2) is 2.17. The lowest BCUT2D eigenvalue weighted by Gasteiger charge is -1.94. The summed E-state index contributed by atoms with van der Waals surface area (Å²) in [6.07, 6.45) is 0.777. The maximum Gasteiger partial charge on any atom is 0.243 e. The standard InChI is InChI=1S/C6H8FNO/c1-2-6(9)8-5-3-4(5)7/h2,4-5H,1,3H2,(H,8,9). The average Bonchev–Trinajstić information content (AvgIpc) is 2.47. The van der Waals surface area contributed by atoms with Crippen LogP contribution in [0.2, 0.25) is 0 Å². The van der Waals surface area contributed by atoms with Crippen molar-refractivity contribution in [2.24, 2.45) is 0 Å². The van der Waals surface area contributed by atoms with Gasteiger partial charge in [0, 0.05) is 6.42 Å². The molecule has 0 radical (unpaired) electrons. The molecule has 0 aliphatic heterocycles. The first-order valence-electron chi connectivity index (χ1n) is 2.81. The quantitative estimate of drug-likeness (QED) is 0.537. The molecule has 1 aliphatic carbocycles. The summed E-state index contributed by atoms with van der Waals surface area (Å²) in [6.45, 7) is 3.23. The van der Waals surface area contributed by atoms with Gasteiger partial charge in [0.1, 0.15) is 6.17 Å². The van der Waals surface area contributed by atoms with Crippen LogP contribution >= 0.6 is 0 Å². The van der Waals surface area contributed by atoms with Crippen molar-refractivity contribution < 1.29 is 9.18 Å². The van der Waals surface area contributed by atoms with Gasteiger partial charge in [-0.15, -0.1) is 0 Å². The third-order valence-electron chi connectivity index (χ3n) is 1.23. The Morgan fingerprint density at radius 2 is 2.44 bits per heavy atom. The molecule has 1 N–H and O–H groups in total. The molecule has 1 aliphatic rings. The summed E-state index contributed by atoms with van der Waals surface area (Å²) in [6, 6.07) is -0.240. The van der Waals surface area contributed by atoms with Crippen LogP contribution in [0.1, 0.15) is 6.42 Å². The first-order valence-corrected chi connectivity index (χ1v) is 2.81. The minimum absolute atomic E-state index is 0.240. The van der Waals surface area contributed by atoms with E-state index in [1.54, 1.807) is 0 Å². The SMILES string of the molecule is C=CC(=O)NC1CC1F. The van der Waals surface area contributed by atoms with E-state index in [4.69, 9.17) is 0 Å². The van der Waals surface area contributed by atoms with E-state index in [0.29, 0.717) is 6.42 Å². The molecule has 0 saturated heterocycles. The van der Waals surface area contributed by atoms with Crippen LogP contribution < -0.4 is 5.32 Å². The van der Waals surface area contributed by atoms with Gasteiger partial charge >= 0.3 is 0 Å². The van der Waals surface area contributed by atoms with E-state index in [0.717, 1.165) is 6.08 Å². The third kappa shape index (κ3) is 1.52. The highest BCUT2D eigenvalue weighted by molar-refractivity contribution is 5.87. The normalized spacial score (nSPS) is 31.2. The van der Waals surface area contributed by atoms with Gasteiger partial charge in [0.2, 0.25) is 5.91 Å². The zero-order valence-corrected chi connectivity index (χ0v) is 4.93. The molecular formula is C6H8FNO. The van der Waals surface area contributed by atoms with Crippen molar-refractivity contribution in [2.75, 3.05) is 0 Å². The molecule has 0 aromatic rings. The fraction of sp³-hybridized carbons (Fsp3) is 0.500. The van der Waals surface area contributed by atoms with Crippen LogP contribution in [-0.4, -0.2) is 18.1 Å². The maximum absolute atomic E-state index is 12.0. The molecular weight excluding hydrogens is 121 g/mol. The molecule has 0 aromatic heterocycles. The Hall–Kier alpha value is -0.860. The van der Waals surface area contributed by atoms with Crippen molar-refractivity contribution in [1.29, 1.82) is 0 Å². The lowest BCUT2D eigenvalue weighted by atomic mass is 10.5. The van der Waals surface area contributed by atoms with E-state index in [9.17, 15) is 9.18 Å². The highest BCUT2D eigenvalue weighted by Gasteiger charge is 2.38. The fourth-order valence-electron chi connectivity index (χ4n) is 0.555. The van der Waals surface area contributed by atoms with E-state index in [1.807, 2.05) is 0 Å². The largest absolute Gasteiger partial charge is 0.347 e. The van der Waals surface area contributed by atoms with Crippen LogP contribution in [0.4, 0.5) is 4.39 Å². The maximum atomic E-state index is 12.0. The fourth-order valence-corrected chi connectivity index (χ4v) is 0.555. The average molecular weight is 129 g/mol. The second-order valence-corrected chi connectivity index (χ2v) is 2.07. The van der Waals surface area contributed by atoms with Crippen LogP contribution in [0, 0.1) is 0 Å². The summed E-state index contributed by atoms with van der Waals surface area (Å²) in [5, 5.41) is 2.42. The first kappa shape index (κ1) is 6.26. The minimum Gasteiger partial charge on any atom is -0.347 e. The highest BCUT2D eigenvalue weighted by atomic mass is 19.1. The number of amides is 1. The van der Waals surface area contributed by atoms with Crippen LogP contribution in [0.3, 0.4) is 0 Å². The predicted molar refractivity (Wildman–Crippen MR) is 31.6 cm³/mol. The van der Waals surface area contributed by atoms with Crippen LogP contribution in [0.25, 0.3) is 0 Å². The van der Waals surface area contributed by atoms with Gasteiger partial charge in [-0.2, -0.15) is 0 Å². The molecule has 0 aromatic carbocycles. The zero-order valence-electron chi connectivity index (χ0n) is 4.93. The summed E-state index contributed by atoms with van der Waals surface area (Å²) >= 11 is 0. The van der Waals surface area contributed by atoms with Crippen molar-refractivity contribution in [3.8, 4) is 0 Å². The zero-order chi connectivity index (χ0) is 6.85. The number of carbonyl (C=O) groups is 1. The van der Waals surface area contributed by atoms with Crippen LogP contribution in [-0.2, 0) is 4.79 Å². The molecule has 2 nitrogen and oxygen atoms in total. The van der Waals surface area contributed by atoms with Crippen LogP contribution in [0.5, 0.6) is 0 Å². The van der Waals surface area contributed by atoms with E-state index in [1.165, 1.54) is 0 Å². The molecule has 1 fully saturated rings. The van der Waals surface area contributed by atoms with Crippen molar-refractivity contribution in [1.82, 2.24) is 5.32 Å². The van der Waals surface area contributed by atoms with Gasteiger partial charge in [-0.1, -0.05) is 6.58 Å². The van der Waals surface area contributed by atoms with Gasteiger partial charge in [-0.25, -0.2) is 4.39 Å². The Bertz CT molecular complexity index is 146. The van der Waals surface area contributed by atoms with E-state index in [2.05, 4.69) is 11.9 Å². The lowest BCUT2D eigenvalue weighted by molar-refractivity contribution is -0.116. The molecule has 2 unspecified atom stereocenters. The van der Waals surface area contributed by atoms with Crippen LogP contribution in [0.15, 0.2) is 12.7 Å². The van der Waals surface area contributed by atoms with E-state index < -0.39 is 6.17 Å². The Kier molecular flexibility index (Phi) is 1.51. The third-order valence-corrected chi connectivity index (χ3v) is 1.23. The predicted octanol–water partition coefficient (Wildman–Crippen LogP) is 0.399. The van der Waals surface area contributed by atoms with Gasteiger partial charge < -0.3 is 5.32 Å². The Labute approximate surface area is 52.7 Å². The van der Waals surface area contributed by atoms with Crippen molar-refractivity contribution in [2.45, 2.75) is 18.6 Å². The summed E-state index contributed by atoms with van der Waals surface area (Å²) in [5.74, 6) is -0.292. The number of hydrogen-bond donors (Lipinski definition) is 1. The van der Waals surface area contributed by atoms with Gasteiger partial charge in [-0.05, 0) is 6.08 Å². The molecule has 1 saturated carbocycles. The van der Waals surface area contributed by atoms with Gasteiger partial charge in [0.05, 0.1) is 6.04 Å². The van der Waals surface area contributed by atoms with E-state index in [-0.39, 0.29) is 11.9 Å². The number of halogens is 1. The minimum atomic E-state index is -0.825. The molecule has 0 spiro atoms. The summed E-state index contributed by atoms with van der Waals surface area (Å²) in [5.41, 5.74) is 0. The Morgan fingerprint density at radius 1 is 1.89 bits per heavy atom. The number of rotatable bonds is 2. The number of alkyl halides is 1. The topological polar surface area (TPSA) is 29.1 Å². The highest BCUT2D eigenvalue weighted by Crippen LogP contribution is 2.24. The molecule has 0 bridgehead atoms. The van der Waals surface area contributed by atoms with Gasteiger partial charge in [-0.3, -0.25) is 4.79 Å². The molecule has 1 amide bonds. The molecule has 2 atom stereocenters. The molecule has 50 valence electrons. The summed E-state index contributed by atoms with van der Waals surface area (Å²) in [4.78, 5) is 10.4. The molecule has 9 heavy (non-hydrogen) atoms. The second-order valence-electron chi connectivity index (χ2n) is 2.07. The Morgan fingerprint density at radius 3 is 2.78 bits per heavy atom. The first-order chi connectivity index (χ1) is 4.24. The molecule has 1 rings (SSSR count). The van der Waals surface area contributed by atoms with Gasteiger partial charge in [0.25, 0.3) is 0 Å². The van der Waals surface area contributed by atoms with Crippen molar-refractivity contribution in [3.63, 3.8) is 0 Å². The summed E-state index contributed by atoms with van der Waals surface area (Å²) in [7, 11) is 0.